The molecule has 1 aromatic heterocycles. The van der Waals surface area contributed by atoms with E-state index in [9.17, 15) is 4.39 Å². The zero-order valence-electron chi connectivity index (χ0n) is 18.7. The van der Waals surface area contributed by atoms with E-state index in [1.165, 1.54) is 12.1 Å². The average Bonchev–Trinajstić information content (AvgIpc) is 2.85. The lowest BCUT2D eigenvalue weighted by atomic mass is 10.2. The van der Waals surface area contributed by atoms with Gasteiger partial charge in [-0.25, -0.2) is 14.4 Å². The molecule has 4 rings (SSSR count). The lowest BCUT2D eigenvalue weighted by molar-refractivity contribution is 0.185. The minimum Gasteiger partial charge on any atom is -0.380 e. The Morgan fingerprint density at radius 2 is 1.79 bits per heavy atom. The van der Waals surface area contributed by atoms with Crippen molar-refractivity contribution in [1.29, 1.82) is 0 Å². The van der Waals surface area contributed by atoms with Gasteiger partial charge in [0.15, 0.2) is 5.96 Å². The molecule has 0 saturated carbocycles. The number of anilines is 3. The van der Waals surface area contributed by atoms with Crippen molar-refractivity contribution in [3.05, 3.63) is 83.8 Å². The van der Waals surface area contributed by atoms with Gasteiger partial charge in [0.2, 0.25) is 0 Å². The topological polar surface area (TPSA) is 79.0 Å². The number of pyridine rings is 1. The van der Waals surface area contributed by atoms with Crippen molar-refractivity contribution in [2.24, 2.45) is 10.7 Å². The van der Waals surface area contributed by atoms with Gasteiger partial charge >= 0.3 is 0 Å². The molecule has 0 amide bonds. The number of nitrogens with one attached hydrogen (secondary N) is 1. The minimum atomic E-state index is -0.212. The number of guanidine groups is 1. The van der Waals surface area contributed by atoms with Gasteiger partial charge in [0.05, 0.1) is 13.2 Å². The summed E-state index contributed by atoms with van der Waals surface area (Å²) >= 11 is 0. The lowest BCUT2D eigenvalue weighted by Gasteiger charge is -2.36. The second-order valence-corrected chi connectivity index (χ2v) is 7.89. The van der Waals surface area contributed by atoms with Crippen molar-refractivity contribution in [3.63, 3.8) is 0 Å². The summed E-state index contributed by atoms with van der Waals surface area (Å²) in [4.78, 5) is 13.6. The molecule has 0 unspecified atom stereocenters. The summed E-state index contributed by atoms with van der Waals surface area (Å²) in [5.41, 5.74) is 10.1. The maximum Gasteiger partial charge on any atom is 0.193 e. The first kappa shape index (κ1) is 22.5. The van der Waals surface area contributed by atoms with Gasteiger partial charge in [-0.15, -0.1) is 0 Å². The summed E-state index contributed by atoms with van der Waals surface area (Å²) in [6.07, 6.45) is 1.81. The van der Waals surface area contributed by atoms with E-state index >= 15 is 0 Å². The molecule has 1 aliphatic rings. The van der Waals surface area contributed by atoms with E-state index in [1.807, 2.05) is 48.7 Å². The third kappa shape index (κ3) is 5.98. The molecule has 3 aromatic rings. The van der Waals surface area contributed by atoms with E-state index in [0.29, 0.717) is 19.1 Å². The monoisotopic (exact) mass is 448 g/mol. The van der Waals surface area contributed by atoms with Gasteiger partial charge in [0.25, 0.3) is 0 Å². The van der Waals surface area contributed by atoms with Crippen LogP contribution in [0.2, 0.25) is 0 Å². The molecule has 8 heteroatoms. The normalized spacial score (nSPS) is 14.4. The molecule has 2 aromatic carbocycles. The second kappa shape index (κ2) is 10.8. The summed E-state index contributed by atoms with van der Waals surface area (Å²) in [5.74, 6) is 1.07. The van der Waals surface area contributed by atoms with Crippen LogP contribution in [0, 0.1) is 5.82 Å². The number of nitrogens with zero attached hydrogens (tertiary/aromatic N) is 4. The van der Waals surface area contributed by atoms with E-state index in [0.717, 1.165) is 54.5 Å². The van der Waals surface area contributed by atoms with E-state index in [1.54, 1.807) is 7.11 Å². The Bertz CT molecular complexity index is 1080. The van der Waals surface area contributed by atoms with Crippen molar-refractivity contribution in [3.8, 4) is 0 Å². The number of benzene rings is 2. The maximum atomic E-state index is 13.2. The first-order valence-corrected chi connectivity index (χ1v) is 11.0. The number of para-hydroxylation sites is 1. The van der Waals surface area contributed by atoms with Gasteiger partial charge in [-0.2, -0.15) is 0 Å². The Hall–Kier alpha value is -3.65. The second-order valence-electron chi connectivity index (χ2n) is 7.89. The molecule has 3 N–H and O–H groups in total. The number of methoxy groups -OCH3 is 1. The average molecular weight is 449 g/mol. The van der Waals surface area contributed by atoms with Gasteiger partial charge < -0.3 is 25.6 Å². The molecule has 172 valence electrons. The summed E-state index contributed by atoms with van der Waals surface area (Å²) in [6, 6.07) is 18.5. The zero-order valence-corrected chi connectivity index (χ0v) is 18.7. The Kier molecular flexibility index (Phi) is 7.36. The fourth-order valence-electron chi connectivity index (χ4n) is 3.86. The van der Waals surface area contributed by atoms with Crippen LogP contribution in [0.25, 0.3) is 0 Å². The molecule has 0 bridgehead atoms. The Balaban J connectivity index is 1.35. The molecule has 0 aliphatic carbocycles. The number of halogens is 1. The molecule has 7 nitrogen and oxygen atoms in total. The first-order valence-electron chi connectivity index (χ1n) is 11.0. The molecule has 1 aliphatic heterocycles. The summed E-state index contributed by atoms with van der Waals surface area (Å²) < 4.78 is 18.4. The van der Waals surface area contributed by atoms with Crippen molar-refractivity contribution in [2.75, 3.05) is 48.4 Å². The smallest absolute Gasteiger partial charge is 0.193 e. The maximum absolute atomic E-state index is 13.2. The highest BCUT2D eigenvalue weighted by molar-refractivity contribution is 5.92. The van der Waals surface area contributed by atoms with Gasteiger partial charge in [0.1, 0.15) is 11.6 Å². The lowest BCUT2D eigenvalue weighted by Crippen LogP contribution is -2.46. The highest BCUT2D eigenvalue weighted by Gasteiger charge is 2.18. The molecule has 0 radical (unpaired) electrons. The highest BCUT2D eigenvalue weighted by Crippen LogP contribution is 2.21. The Labute approximate surface area is 193 Å². The van der Waals surface area contributed by atoms with E-state index in [2.05, 4.69) is 31.2 Å². The van der Waals surface area contributed by atoms with Crippen LogP contribution in [-0.4, -0.2) is 44.2 Å². The molecule has 33 heavy (non-hydrogen) atoms. The quantitative estimate of drug-likeness (QED) is 0.425. The predicted octanol–water partition coefficient (Wildman–Crippen LogP) is 3.62. The first-order chi connectivity index (χ1) is 16.1. The summed E-state index contributed by atoms with van der Waals surface area (Å²) in [7, 11) is 1.66. The molecule has 1 saturated heterocycles. The van der Waals surface area contributed by atoms with E-state index < -0.39 is 0 Å². The van der Waals surface area contributed by atoms with Crippen LogP contribution < -0.4 is 20.9 Å². The number of piperazine rings is 1. The van der Waals surface area contributed by atoms with Crippen LogP contribution in [0.15, 0.2) is 71.9 Å². The zero-order chi connectivity index (χ0) is 23.0. The standard InChI is InChI=1S/C25H29FN6O/c1-33-18-20-4-2-3-5-23(20)30-25(27)29-17-19-10-11-28-24(16-19)32-14-12-31(13-15-32)22-8-6-21(26)7-9-22/h2-11,16H,12-15,17-18H2,1H3,(H3,27,29,30). The van der Waals surface area contributed by atoms with Crippen molar-refractivity contribution >= 4 is 23.2 Å². The molecule has 0 spiro atoms. The molecular weight excluding hydrogens is 419 g/mol. The van der Waals surface area contributed by atoms with Crippen LogP contribution in [0.1, 0.15) is 11.1 Å². The van der Waals surface area contributed by atoms with Crippen LogP contribution in [0.3, 0.4) is 0 Å². The number of rotatable bonds is 7. The Morgan fingerprint density at radius 3 is 2.55 bits per heavy atom. The highest BCUT2D eigenvalue weighted by atomic mass is 19.1. The largest absolute Gasteiger partial charge is 0.380 e. The van der Waals surface area contributed by atoms with Crippen LogP contribution in [0.5, 0.6) is 0 Å². The van der Waals surface area contributed by atoms with Gasteiger partial charge in [-0.3, -0.25) is 0 Å². The molecule has 1 fully saturated rings. The fourth-order valence-corrected chi connectivity index (χ4v) is 3.86. The van der Waals surface area contributed by atoms with Crippen LogP contribution in [0.4, 0.5) is 21.6 Å². The molecule has 0 atom stereocenters. The Morgan fingerprint density at radius 1 is 1.06 bits per heavy atom. The van der Waals surface area contributed by atoms with E-state index in [4.69, 9.17) is 10.5 Å². The number of ether oxygens (including phenoxy) is 1. The van der Waals surface area contributed by atoms with Gasteiger partial charge in [0, 0.05) is 56.4 Å². The van der Waals surface area contributed by atoms with Crippen LogP contribution in [-0.2, 0) is 17.9 Å². The molecular formula is C25H29FN6O. The minimum absolute atomic E-state index is 0.212. The number of nitrogens with two attached hydrogens (primary N) is 1. The van der Waals surface area contributed by atoms with E-state index in [-0.39, 0.29) is 5.82 Å². The van der Waals surface area contributed by atoms with Gasteiger partial charge in [-0.1, -0.05) is 18.2 Å². The SMILES string of the molecule is COCc1ccccc1NC(N)=NCc1ccnc(N2CCN(c3ccc(F)cc3)CC2)c1. The predicted molar refractivity (Wildman–Crippen MR) is 131 cm³/mol. The third-order valence-electron chi connectivity index (χ3n) is 5.62. The van der Waals surface area contributed by atoms with Crippen LogP contribution >= 0.6 is 0 Å². The summed E-state index contributed by atoms with van der Waals surface area (Å²) in [5, 5.41) is 3.16. The van der Waals surface area contributed by atoms with Crippen molar-refractivity contribution < 1.29 is 9.13 Å². The number of hydrogen-bond acceptors (Lipinski definition) is 5. The summed E-state index contributed by atoms with van der Waals surface area (Å²) in [6.45, 7) is 4.35. The number of hydrogen-bond donors (Lipinski definition) is 2. The fraction of sp³-hybridized carbons (Fsp3) is 0.280. The number of aliphatic imine (C=N–C) groups is 1. The van der Waals surface area contributed by atoms with Gasteiger partial charge in [-0.05, 0) is 48.0 Å². The molecule has 2 heterocycles. The van der Waals surface area contributed by atoms with Crippen molar-refractivity contribution in [2.45, 2.75) is 13.2 Å². The third-order valence-corrected chi connectivity index (χ3v) is 5.62. The van der Waals surface area contributed by atoms with Crippen molar-refractivity contribution in [1.82, 2.24) is 4.98 Å². The number of aromatic nitrogens is 1.